The summed E-state index contributed by atoms with van der Waals surface area (Å²) in [7, 11) is -0.569. The number of hydrogen-bond acceptors (Lipinski definition) is 5. The Bertz CT molecular complexity index is 498. The van der Waals surface area contributed by atoms with Crippen LogP contribution >= 0.6 is 11.6 Å². The highest BCUT2D eigenvalue weighted by Gasteiger charge is 2.14. The van der Waals surface area contributed by atoms with Gasteiger partial charge >= 0.3 is 0 Å². The number of ether oxygens (including phenoxy) is 2. The van der Waals surface area contributed by atoms with Crippen molar-refractivity contribution in [3.05, 3.63) is 22.7 Å². The molecule has 0 aliphatic heterocycles. The first-order valence-electron chi connectivity index (χ1n) is 4.62. The van der Waals surface area contributed by atoms with Crippen LogP contribution in [0.5, 0.6) is 11.5 Å². The quantitative estimate of drug-likeness (QED) is 0.770. The third kappa shape index (κ3) is 3.76. The first kappa shape index (κ1) is 14.1. The van der Waals surface area contributed by atoms with E-state index in [4.69, 9.17) is 21.1 Å². The maximum Gasteiger partial charge on any atom is 0.264 e. The highest BCUT2D eigenvalue weighted by molar-refractivity contribution is 7.85. The van der Waals surface area contributed by atoms with Gasteiger partial charge in [0.15, 0.2) is 11.5 Å². The third-order valence-corrected chi connectivity index (χ3v) is 2.95. The molecular weight excluding hydrogens is 268 g/mol. The minimum atomic E-state index is -3.51. The maximum absolute atomic E-state index is 10.9. The Hall–Kier alpha value is -0.980. The minimum Gasteiger partial charge on any atom is -0.493 e. The van der Waals surface area contributed by atoms with Gasteiger partial charge in [-0.2, -0.15) is 8.42 Å². The van der Waals surface area contributed by atoms with Crippen LogP contribution in [0.1, 0.15) is 5.56 Å². The first-order chi connectivity index (χ1) is 7.89. The zero-order chi connectivity index (χ0) is 13.1. The standard InChI is InChI=1S/C10H13ClO5S/c1-14-8-5-4-7(6-16-17(3,12)13)9(11)10(8)15-2/h4-5H,6H2,1-3H3. The van der Waals surface area contributed by atoms with Crippen molar-refractivity contribution in [2.24, 2.45) is 0 Å². The number of hydrogen-bond donors (Lipinski definition) is 0. The number of halogens is 1. The summed E-state index contributed by atoms with van der Waals surface area (Å²) in [5, 5.41) is 0.274. The average molecular weight is 281 g/mol. The summed E-state index contributed by atoms with van der Waals surface area (Å²) in [6, 6.07) is 3.25. The van der Waals surface area contributed by atoms with Crippen molar-refractivity contribution in [1.82, 2.24) is 0 Å². The van der Waals surface area contributed by atoms with Gasteiger partial charge in [0.2, 0.25) is 0 Å². The molecule has 1 rings (SSSR count). The second kappa shape index (κ2) is 5.57. The summed E-state index contributed by atoms with van der Waals surface area (Å²) in [6.07, 6.45) is 0.974. The van der Waals surface area contributed by atoms with Gasteiger partial charge in [-0.15, -0.1) is 0 Å². The van der Waals surface area contributed by atoms with Gasteiger partial charge in [0.05, 0.1) is 32.1 Å². The molecule has 0 aliphatic rings. The summed E-state index contributed by atoms with van der Waals surface area (Å²) in [5.74, 6) is 0.823. The molecule has 0 atom stereocenters. The Balaban J connectivity index is 3.03. The molecule has 1 aromatic carbocycles. The van der Waals surface area contributed by atoms with Crippen LogP contribution in [0.3, 0.4) is 0 Å². The Labute approximate surface area is 105 Å². The van der Waals surface area contributed by atoms with Gasteiger partial charge in [0.25, 0.3) is 10.1 Å². The molecule has 0 amide bonds. The van der Waals surface area contributed by atoms with Crippen molar-refractivity contribution in [3.63, 3.8) is 0 Å². The molecule has 0 heterocycles. The van der Waals surface area contributed by atoms with E-state index in [1.807, 2.05) is 0 Å². The average Bonchev–Trinajstić information content (AvgIpc) is 2.25. The maximum atomic E-state index is 10.9. The molecule has 0 radical (unpaired) electrons. The van der Waals surface area contributed by atoms with E-state index >= 15 is 0 Å². The van der Waals surface area contributed by atoms with Gasteiger partial charge in [-0.1, -0.05) is 17.7 Å². The molecule has 0 N–H and O–H groups in total. The molecule has 0 aliphatic carbocycles. The fourth-order valence-electron chi connectivity index (χ4n) is 1.21. The molecule has 0 aromatic heterocycles. The topological polar surface area (TPSA) is 61.8 Å². The summed E-state index contributed by atoms with van der Waals surface area (Å²) < 4.78 is 36.5. The molecular formula is C10H13ClO5S. The van der Waals surface area contributed by atoms with Crippen molar-refractivity contribution >= 4 is 21.7 Å². The SMILES string of the molecule is COc1ccc(COS(C)(=O)=O)c(Cl)c1OC. The lowest BCUT2D eigenvalue weighted by atomic mass is 10.2. The van der Waals surface area contributed by atoms with Crippen molar-refractivity contribution in [1.29, 1.82) is 0 Å². The highest BCUT2D eigenvalue weighted by Crippen LogP contribution is 2.37. The predicted octanol–water partition coefficient (Wildman–Crippen LogP) is 1.83. The third-order valence-electron chi connectivity index (χ3n) is 1.99. The fourth-order valence-corrected chi connectivity index (χ4v) is 1.84. The molecule has 0 unspecified atom stereocenters. The Morgan fingerprint density at radius 3 is 2.35 bits per heavy atom. The van der Waals surface area contributed by atoms with Gasteiger partial charge < -0.3 is 9.47 Å². The Morgan fingerprint density at radius 2 is 1.88 bits per heavy atom. The van der Waals surface area contributed by atoms with Crippen LogP contribution in [0.15, 0.2) is 12.1 Å². The van der Waals surface area contributed by atoms with E-state index < -0.39 is 10.1 Å². The number of benzene rings is 1. The van der Waals surface area contributed by atoms with E-state index in [0.29, 0.717) is 17.1 Å². The van der Waals surface area contributed by atoms with Crippen LogP contribution in [0, 0.1) is 0 Å². The van der Waals surface area contributed by atoms with E-state index in [1.54, 1.807) is 12.1 Å². The first-order valence-corrected chi connectivity index (χ1v) is 6.82. The molecule has 17 heavy (non-hydrogen) atoms. The molecule has 5 nitrogen and oxygen atoms in total. The number of rotatable bonds is 5. The van der Waals surface area contributed by atoms with E-state index in [-0.39, 0.29) is 11.6 Å². The van der Waals surface area contributed by atoms with Crippen molar-refractivity contribution in [2.75, 3.05) is 20.5 Å². The largest absolute Gasteiger partial charge is 0.493 e. The van der Waals surface area contributed by atoms with Crippen LogP contribution in [0.25, 0.3) is 0 Å². The zero-order valence-corrected chi connectivity index (χ0v) is 11.3. The van der Waals surface area contributed by atoms with Crippen LogP contribution in [-0.2, 0) is 20.9 Å². The van der Waals surface area contributed by atoms with Gasteiger partial charge in [-0.05, 0) is 6.07 Å². The van der Waals surface area contributed by atoms with Gasteiger partial charge in [-0.25, -0.2) is 0 Å². The minimum absolute atomic E-state index is 0.141. The smallest absolute Gasteiger partial charge is 0.264 e. The number of methoxy groups -OCH3 is 2. The van der Waals surface area contributed by atoms with Crippen molar-refractivity contribution < 1.29 is 22.1 Å². The van der Waals surface area contributed by atoms with Gasteiger partial charge in [-0.3, -0.25) is 4.18 Å². The molecule has 0 fully saturated rings. The highest BCUT2D eigenvalue weighted by atomic mass is 35.5. The molecule has 1 aromatic rings. The zero-order valence-electron chi connectivity index (χ0n) is 9.69. The van der Waals surface area contributed by atoms with Crippen LogP contribution in [0.4, 0.5) is 0 Å². The van der Waals surface area contributed by atoms with Crippen LogP contribution < -0.4 is 9.47 Å². The van der Waals surface area contributed by atoms with Crippen molar-refractivity contribution in [3.8, 4) is 11.5 Å². The monoisotopic (exact) mass is 280 g/mol. The van der Waals surface area contributed by atoms with E-state index in [1.165, 1.54) is 14.2 Å². The molecule has 0 saturated heterocycles. The predicted molar refractivity (Wildman–Crippen MR) is 64.2 cm³/mol. The molecule has 0 spiro atoms. The molecule has 0 saturated carbocycles. The Kier molecular flexibility index (Phi) is 4.62. The van der Waals surface area contributed by atoms with Gasteiger partial charge in [0, 0.05) is 5.56 Å². The van der Waals surface area contributed by atoms with E-state index in [9.17, 15) is 8.42 Å². The van der Waals surface area contributed by atoms with Crippen molar-refractivity contribution in [2.45, 2.75) is 6.61 Å². The second-order valence-electron chi connectivity index (χ2n) is 3.24. The van der Waals surface area contributed by atoms with E-state index in [2.05, 4.69) is 4.18 Å². The van der Waals surface area contributed by atoms with E-state index in [0.717, 1.165) is 6.26 Å². The summed E-state index contributed by atoms with van der Waals surface area (Å²) in [6.45, 7) is -0.141. The molecule has 7 heteroatoms. The molecule has 0 bridgehead atoms. The fraction of sp³-hybridized carbons (Fsp3) is 0.400. The summed E-state index contributed by atoms with van der Waals surface area (Å²) in [4.78, 5) is 0. The normalized spacial score (nSPS) is 11.3. The lowest BCUT2D eigenvalue weighted by Gasteiger charge is -2.12. The Morgan fingerprint density at radius 1 is 1.24 bits per heavy atom. The molecule has 96 valence electrons. The summed E-state index contributed by atoms with van der Waals surface area (Å²) >= 11 is 6.04. The summed E-state index contributed by atoms with van der Waals surface area (Å²) in [5.41, 5.74) is 0.509. The van der Waals surface area contributed by atoms with Gasteiger partial charge in [0.1, 0.15) is 0 Å². The lowest BCUT2D eigenvalue weighted by molar-refractivity contribution is 0.309. The van der Waals surface area contributed by atoms with Crippen LogP contribution in [0.2, 0.25) is 5.02 Å². The van der Waals surface area contributed by atoms with Crippen LogP contribution in [-0.4, -0.2) is 28.9 Å². The lowest BCUT2D eigenvalue weighted by Crippen LogP contribution is -2.03. The second-order valence-corrected chi connectivity index (χ2v) is 5.26.